The van der Waals surface area contributed by atoms with Gasteiger partial charge >= 0.3 is 5.97 Å². The van der Waals surface area contributed by atoms with Crippen LogP contribution in [0.3, 0.4) is 0 Å². The van der Waals surface area contributed by atoms with E-state index in [0.29, 0.717) is 5.56 Å². The third-order valence-electron chi connectivity index (χ3n) is 4.17. The first-order valence-electron chi connectivity index (χ1n) is 7.75. The molecule has 1 unspecified atom stereocenters. The number of hydrogen-bond acceptors (Lipinski definition) is 4. The minimum Gasteiger partial charge on any atom is -0.511 e. The van der Waals surface area contributed by atoms with Gasteiger partial charge in [-0.2, -0.15) is 0 Å². The minimum absolute atomic E-state index is 0.0515. The summed E-state index contributed by atoms with van der Waals surface area (Å²) in [6, 6.07) is 18.8. The number of aromatic nitrogens is 1. The number of aliphatic hydroxyl groups is 1. The van der Waals surface area contributed by atoms with Crippen molar-refractivity contribution in [3.05, 3.63) is 83.7 Å². The third-order valence-corrected chi connectivity index (χ3v) is 4.17. The maximum atomic E-state index is 12.4. The van der Waals surface area contributed by atoms with Crippen LogP contribution in [0, 0.1) is 0 Å². The lowest BCUT2D eigenvalue weighted by molar-refractivity contribution is -0.144. The van der Waals surface area contributed by atoms with Gasteiger partial charge in [0.05, 0.1) is 5.52 Å². The maximum absolute atomic E-state index is 12.4. The second-order valence-corrected chi connectivity index (χ2v) is 5.75. The van der Waals surface area contributed by atoms with E-state index in [2.05, 4.69) is 4.98 Å². The van der Waals surface area contributed by atoms with Crippen molar-refractivity contribution in [2.45, 2.75) is 12.5 Å². The Bertz CT molecular complexity index is 947. The fourth-order valence-corrected chi connectivity index (χ4v) is 2.96. The Morgan fingerprint density at radius 1 is 1.04 bits per heavy atom. The van der Waals surface area contributed by atoms with Crippen molar-refractivity contribution in [2.75, 3.05) is 0 Å². The summed E-state index contributed by atoms with van der Waals surface area (Å²) in [5, 5.41) is 11.4. The summed E-state index contributed by atoms with van der Waals surface area (Å²) in [6.45, 7) is 0. The van der Waals surface area contributed by atoms with Gasteiger partial charge in [-0.25, -0.2) is 4.79 Å². The average Bonchev–Trinajstić information content (AvgIpc) is 2.61. The number of para-hydroxylation sites is 1. The first kappa shape index (κ1) is 14.5. The van der Waals surface area contributed by atoms with Crippen molar-refractivity contribution in [1.29, 1.82) is 0 Å². The highest BCUT2D eigenvalue weighted by Gasteiger charge is 2.31. The van der Waals surface area contributed by atoms with Gasteiger partial charge in [0.2, 0.25) is 0 Å². The number of aliphatic hydroxyl groups excluding tert-OH is 1. The highest BCUT2D eigenvalue weighted by molar-refractivity contribution is 6.17. The molecule has 24 heavy (non-hydrogen) atoms. The second kappa shape index (κ2) is 5.81. The lowest BCUT2D eigenvalue weighted by Crippen LogP contribution is -2.20. The largest absolute Gasteiger partial charge is 0.511 e. The predicted octanol–water partition coefficient (Wildman–Crippen LogP) is 4.19. The van der Waals surface area contributed by atoms with Crippen molar-refractivity contribution >= 4 is 22.4 Å². The Hall–Kier alpha value is -3.14. The van der Waals surface area contributed by atoms with Crippen molar-refractivity contribution < 1.29 is 14.6 Å². The highest BCUT2D eigenvalue weighted by atomic mass is 16.5. The standard InChI is InChI=1S/C20H15NO3/c22-17-11-18(15-10-14-8-4-5-9-16(14)21-12-15)24-20(23)19(17)13-6-2-1-3-7-13/h1-10,12,18,22H,11H2. The quantitative estimate of drug-likeness (QED) is 0.720. The monoisotopic (exact) mass is 317 g/mol. The number of carbonyl (C=O) groups excluding carboxylic acids is 1. The lowest BCUT2D eigenvalue weighted by Gasteiger charge is -2.25. The molecule has 1 aliphatic heterocycles. The van der Waals surface area contributed by atoms with Crippen LogP contribution in [-0.4, -0.2) is 16.1 Å². The molecule has 4 rings (SSSR count). The summed E-state index contributed by atoms with van der Waals surface area (Å²) in [5.74, 6) is -0.460. The average molecular weight is 317 g/mol. The zero-order valence-electron chi connectivity index (χ0n) is 12.8. The van der Waals surface area contributed by atoms with Crippen molar-refractivity contribution in [3.63, 3.8) is 0 Å². The van der Waals surface area contributed by atoms with E-state index < -0.39 is 12.1 Å². The van der Waals surface area contributed by atoms with E-state index >= 15 is 0 Å². The van der Waals surface area contributed by atoms with Crippen LogP contribution >= 0.6 is 0 Å². The van der Waals surface area contributed by atoms with Gasteiger partial charge in [0.1, 0.15) is 17.4 Å². The van der Waals surface area contributed by atoms with Crippen LogP contribution in [0.2, 0.25) is 0 Å². The van der Waals surface area contributed by atoms with E-state index in [0.717, 1.165) is 16.5 Å². The zero-order chi connectivity index (χ0) is 16.5. The number of carbonyl (C=O) groups is 1. The fourth-order valence-electron chi connectivity index (χ4n) is 2.96. The van der Waals surface area contributed by atoms with Gasteiger partial charge in [0.25, 0.3) is 0 Å². The SMILES string of the molecule is O=C1OC(c2cnc3ccccc3c2)CC(O)=C1c1ccccc1. The van der Waals surface area contributed by atoms with Crippen molar-refractivity contribution in [3.8, 4) is 0 Å². The van der Waals surface area contributed by atoms with E-state index in [9.17, 15) is 9.90 Å². The van der Waals surface area contributed by atoms with Gasteiger partial charge in [-0.05, 0) is 17.7 Å². The van der Waals surface area contributed by atoms with E-state index in [1.54, 1.807) is 18.3 Å². The molecule has 2 aromatic carbocycles. The Morgan fingerprint density at radius 2 is 1.79 bits per heavy atom. The Kier molecular flexibility index (Phi) is 3.50. The smallest absolute Gasteiger partial charge is 0.342 e. The van der Waals surface area contributed by atoms with Crippen LogP contribution in [-0.2, 0) is 9.53 Å². The van der Waals surface area contributed by atoms with Gasteiger partial charge in [-0.3, -0.25) is 4.98 Å². The fraction of sp³-hybridized carbons (Fsp3) is 0.100. The second-order valence-electron chi connectivity index (χ2n) is 5.75. The lowest BCUT2D eigenvalue weighted by atomic mass is 9.96. The van der Waals surface area contributed by atoms with Gasteiger partial charge in [0, 0.05) is 23.6 Å². The van der Waals surface area contributed by atoms with Crippen LogP contribution in [0.25, 0.3) is 16.5 Å². The summed E-state index contributed by atoms with van der Waals surface area (Å²) >= 11 is 0. The Labute approximate surface area is 139 Å². The van der Waals surface area contributed by atoms with Crippen LogP contribution in [0.4, 0.5) is 0 Å². The molecule has 0 spiro atoms. The Morgan fingerprint density at radius 3 is 2.58 bits per heavy atom. The molecule has 0 radical (unpaired) electrons. The molecule has 0 saturated carbocycles. The van der Waals surface area contributed by atoms with E-state index in [1.165, 1.54) is 0 Å². The normalized spacial score (nSPS) is 17.8. The van der Waals surface area contributed by atoms with E-state index in [1.807, 2.05) is 48.5 Å². The number of cyclic esters (lactones) is 1. The topological polar surface area (TPSA) is 59.4 Å². The summed E-state index contributed by atoms with van der Waals surface area (Å²) in [4.78, 5) is 16.8. The minimum atomic E-state index is -0.526. The molecule has 1 aromatic heterocycles. The summed E-state index contributed by atoms with van der Waals surface area (Å²) in [6.07, 6.45) is 1.42. The number of rotatable bonds is 2. The van der Waals surface area contributed by atoms with Gasteiger partial charge in [-0.1, -0.05) is 48.5 Å². The van der Waals surface area contributed by atoms with Gasteiger partial charge < -0.3 is 9.84 Å². The maximum Gasteiger partial charge on any atom is 0.342 e. The highest BCUT2D eigenvalue weighted by Crippen LogP contribution is 2.35. The van der Waals surface area contributed by atoms with Crippen LogP contribution in [0.5, 0.6) is 0 Å². The summed E-state index contributed by atoms with van der Waals surface area (Å²) in [5.41, 5.74) is 2.56. The number of benzene rings is 2. The molecule has 1 atom stereocenters. The molecule has 0 aliphatic carbocycles. The number of esters is 1. The molecule has 0 fully saturated rings. The molecule has 1 aliphatic rings. The predicted molar refractivity (Wildman–Crippen MR) is 91.2 cm³/mol. The van der Waals surface area contributed by atoms with Gasteiger partial charge in [-0.15, -0.1) is 0 Å². The van der Waals surface area contributed by atoms with Crippen LogP contribution in [0.15, 0.2) is 72.6 Å². The first-order chi connectivity index (χ1) is 11.7. The van der Waals surface area contributed by atoms with Gasteiger partial charge in [0.15, 0.2) is 0 Å². The molecular weight excluding hydrogens is 302 g/mol. The van der Waals surface area contributed by atoms with Crippen molar-refractivity contribution in [1.82, 2.24) is 4.98 Å². The van der Waals surface area contributed by atoms with E-state index in [-0.39, 0.29) is 17.8 Å². The number of fused-ring (bicyclic) bond motifs is 1. The van der Waals surface area contributed by atoms with Crippen LogP contribution < -0.4 is 0 Å². The number of nitrogens with zero attached hydrogens (tertiary/aromatic N) is 1. The molecule has 2 heterocycles. The van der Waals surface area contributed by atoms with Crippen molar-refractivity contribution in [2.24, 2.45) is 0 Å². The summed E-state index contributed by atoms with van der Waals surface area (Å²) in [7, 11) is 0. The molecule has 1 N–H and O–H groups in total. The molecule has 0 saturated heterocycles. The molecule has 4 heteroatoms. The number of ether oxygens (including phenoxy) is 1. The first-order valence-corrected chi connectivity index (χ1v) is 7.75. The number of pyridine rings is 1. The van der Waals surface area contributed by atoms with Crippen LogP contribution in [0.1, 0.15) is 23.7 Å². The summed E-state index contributed by atoms with van der Waals surface area (Å²) < 4.78 is 5.56. The van der Waals surface area contributed by atoms with E-state index in [4.69, 9.17) is 4.74 Å². The number of hydrogen-bond donors (Lipinski definition) is 1. The molecule has 3 aromatic rings. The molecule has 0 amide bonds. The molecule has 118 valence electrons. The zero-order valence-corrected chi connectivity index (χ0v) is 12.8. The third kappa shape index (κ3) is 2.52. The molecule has 0 bridgehead atoms. The molecule has 4 nitrogen and oxygen atoms in total. The molecular formula is C20H15NO3. The Balaban J connectivity index is 1.69.